The predicted molar refractivity (Wildman–Crippen MR) is 51.5 cm³/mol. The molecule has 0 atom stereocenters. The molecular formula is C11H15O-. The summed E-state index contributed by atoms with van der Waals surface area (Å²) in [7, 11) is 1.72. The summed E-state index contributed by atoms with van der Waals surface area (Å²) in [6.45, 7) is 6.20. The van der Waals surface area contributed by atoms with Crippen LogP contribution in [0, 0.1) is 20.3 Å². The Hall–Kier alpha value is -1.11. The molecule has 0 bridgehead atoms. The molecule has 0 aliphatic rings. The lowest BCUT2D eigenvalue weighted by Crippen LogP contribution is -1.94. The van der Waals surface area contributed by atoms with Crippen molar-refractivity contribution in [1.82, 2.24) is 0 Å². The number of aryl methyl sites for hydroxylation is 1. The Balaban J connectivity index is 3.25. The van der Waals surface area contributed by atoms with Gasteiger partial charge >= 0.3 is 0 Å². The van der Waals surface area contributed by atoms with Crippen LogP contribution in [0.15, 0.2) is 12.1 Å². The Bertz CT molecular complexity index is 277. The molecule has 0 unspecified atom stereocenters. The van der Waals surface area contributed by atoms with E-state index in [0.29, 0.717) is 0 Å². The highest BCUT2D eigenvalue weighted by Crippen LogP contribution is 2.26. The van der Waals surface area contributed by atoms with E-state index in [-0.39, 0.29) is 0 Å². The smallest absolute Gasteiger partial charge is 0.0607 e. The molecule has 1 aromatic carbocycles. The summed E-state index contributed by atoms with van der Waals surface area (Å²) in [6, 6.07) is 4.20. The van der Waals surface area contributed by atoms with Crippen LogP contribution in [0.4, 0.5) is 0 Å². The fourth-order valence-electron chi connectivity index (χ4n) is 1.31. The average molecular weight is 163 g/mol. The van der Waals surface area contributed by atoms with E-state index in [1.165, 1.54) is 16.7 Å². The number of hydrogen-bond donors (Lipinski definition) is 0. The van der Waals surface area contributed by atoms with Crippen LogP contribution in [-0.2, 0) is 0 Å². The van der Waals surface area contributed by atoms with Gasteiger partial charge in [0.15, 0.2) is 0 Å². The van der Waals surface area contributed by atoms with Crippen molar-refractivity contribution in [2.24, 2.45) is 0 Å². The van der Waals surface area contributed by atoms with Gasteiger partial charge in [0, 0.05) is 5.75 Å². The highest BCUT2D eigenvalue weighted by Gasteiger charge is 1.97. The van der Waals surface area contributed by atoms with Crippen LogP contribution in [0.5, 0.6) is 5.75 Å². The van der Waals surface area contributed by atoms with E-state index >= 15 is 0 Å². The monoisotopic (exact) mass is 163 g/mol. The maximum atomic E-state index is 5.32. The van der Waals surface area contributed by atoms with Gasteiger partial charge < -0.3 is 4.74 Å². The Morgan fingerprint density at radius 3 is 2.42 bits per heavy atom. The molecule has 1 heteroatoms. The van der Waals surface area contributed by atoms with E-state index in [2.05, 4.69) is 32.4 Å². The molecule has 66 valence electrons. The fourth-order valence-corrected chi connectivity index (χ4v) is 1.31. The Kier molecular flexibility index (Phi) is 2.64. The number of benzene rings is 1. The molecule has 0 fully saturated rings. The van der Waals surface area contributed by atoms with E-state index in [0.717, 1.165) is 5.75 Å². The molecule has 0 radical (unpaired) electrons. The molecule has 1 aromatic rings. The molecule has 0 N–H and O–H groups in total. The SMILES string of the molecule is C[CH-]c1ccc(C)c(C)c1OC. The maximum absolute atomic E-state index is 5.32. The van der Waals surface area contributed by atoms with Crippen molar-refractivity contribution in [3.63, 3.8) is 0 Å². The van der Waals surface area contributed by atoms with Crippen LogP contribution in [-0.4, -0.2) is 7.11 Å². The highest BCUT2D eigenvalue weighted by molar-refractivity contribution is 5.48. The highest BCUT2D eigenvalue weighted by atomic mass is 16.5. The number of hydrogen-bond acceptors (Lipinski definition) is 1. The van der Waals surface area contributed by atoms with Crippen molar-refractivity contribution < 1.29 is 4.74 Å². The predicted octanol–water partition coefficient (Wildman–Crippen LogP) is 2.88. The maximum Gasteiger partial charge on any atom is 0.0607 e. The second kappa shape index (κ2) is 3.53. The van der Waals surface area contributed by atoms with Crippen molar-refractivity contribution in [2.75, 3.05) is 7.11 Å². The van der Waals surface area contributed by atoms with Gasteiger partial charge in [0.1, 0.15) is 0 Å². The Morgan fingerprint density at radius 2 is 1.92 bits per heavy atom. The van der Waals surface area contributed by atoms with E-state index in [9.17, 15) is 0 Å². The quantitative estimate of drug-likeness (QED) is 0.609. The third-order valence-electron chi connectivity index (χ3n) is 2.22. The molecule has 0 saturated heterocycles. The molecule has 0 saturated carbocycles. The molecule has 0 amide bonds. The Morgan fingerprint density at radius 1 is 1.25 bits per heavy atom. The van der Waals surface area contributed by atoms with E-state index in [1.807, 2.05) is 6.92 Å². The largest absolute Gasteiger partial charge is 0.553 e. The lowest BCUT2D eigenvalue weighted by molar-refractivity contribution is 0.409. The molecule has 0 aromatic heterocycles. The van der Waals surface area contributed by atoms with Gasteiger partial charge in [-0.15, -0.1) is 6.07 Å². The third kappa shape index (κ3) is 1.40. The summed E-state index contributed by atoms with van der Waals surface area (Å²) in [5.41, 5.74) is 3.67. The standard InChI is InChI=1S/C11H15O/c1-5-10-7-6-8(2)9(3)11(10)12-4/h5-7H,1-4H3/q-1. The van der Waals surface area contributed by atoms with Gasteiger partial charge in [-0.2, -0.15) is 18.1 Å². The van der Waals surface area contributed by atoms with Gasteiger partial charge in [-0.1, -0.05) is 18.1 Å². The minimum atomic E-state index is 0.998. The molecule has 1 nitrogen and oxygen atoms in total. The normalized spacial score (nSPS) is 9.67. The summed E-state index contributed by atoms with van der Waals surface area (Å²) in [5.74, 6) is 0.998. The van der Waals surface area contributed by atoms with Crippen molar-refractivity contribution in [2.45, 2.75) is 20.8 Å². The second-order valence-corrected chi connectivity index (χ2v) is 2.92. The van der Waals surface area contributed by atoms with Gasteiger partial charge in [-0.25, -0.2) is 0 Å². The first-order valence-electron chi connectivity index (χ1n) is 4.14. The van der Waals surface area contributed by atoms with Crippen LogP contribution < -0.4 is 4.74 Å². The third-order valence-corrected chi connectivity index (χ3v) is 2.22. The zero-order valence-electron chi connectivity index (χ0n) is 8.14. The Labute approximate surface area is 74.4 Å². The number of methoxy groups -OCH3 is 1. The number of rotatable bonds is 2. The van der Waals surface area contributed by atoms with Crippen LogP contribution >= 0.6 is 0 Å². The first kappa shape index (κ1) is 8.98. The number of ether oxygens (including phenoxy) is 1. The summed E-state index contributed by atoms with van der Waals surface area (Å²) < 4.78 is 5.32. The van der Waals surface area contributed by atoms with Gasteiger partial charge in [0.25, 0.3) is 0 Å². The molecule has 0 heterocycles. The summed E-state index contributed by atoms with van der Waals surface area (Å²) >= 11 is 0. The molecule has 1 rings (SSSR count). The van der Waals surface area contributed by atoms with Crippen molar-refractivity contribution >= 4 is 0 Å². The van der Waals surface area contributed by atoms with Gasteiger partial charge in [0.2, 0.25) is 0 Å². The first-order chi connectivity index (χ1) is 5.70. The molecular weight excluding hydrogens is 148 g/mol. The fraction of sp³-hybridized carbons (Fsp3) is 0.364. The minimum Gasteiger partial charge on any atom is -0.553 e. The van der Waals surface area contributed by atoms with Gasteiger partial charge in [-0.3, -0.25) is 0 Å². The second-order valence-electron chi connectivity index (χ2n) is 2.92. The van der Waals surface area contributed by atoms with Crippen molar-refractivity contribution in [3.05, 3.63) is 35.2 Å². The molecule has 12 heavy (non-hydrogen) atoms. The minimum absolute atomic E-state index is 0.998. The van der Waals surface area contributed by atoms with E-state index in [4.69, 9.17) is 4.74 Å². The molecule has 0 aliphatic carbocycles. The summed E-state index contributed by atoms with van der Waals surface area (Å²) in [5, 5.41) is 0. The first-order valence-corrected chi connectivity index (χ1v) is 4.14. The lowest BCUT2D eigenvalue weighted by atomic mass is 10.0. The van der Waals surface area contributed by atoms with E-state index in [1.54, 1.807) is 7.11 Å². The molecule has 0 aliphatic heterocycles. The van der Waals surface area contributed by atoms with Crippen LogP contribution in [0.1, 0.15) is 23.6 Å². The molecule has 0 spiro atoms. The van der Waals surface area contributed by atoms with Gasteiger partial charge in [-0.05, 0) is 13.8 Å². The van der Waals surface area contributed by atoms with Crippen LogP contribution in [0.2, 0.25) is 0 Å². The summed E-state index contributed by atoms with van der Waals surface area (Å²) in [4.78, 5) is 0. The van der Waals surface area contributed by atoms with Gasteiger partial charge in [0.05, 0.1) is 7.11 Å². The summed E-state index contributed by atoms with van der Waals surface area (Å²) in [6.07, 6.45) is 2.06. The van der Waals surface area contributed by atoms with Crippen molar-refractivity contribution in [1.29, 1.82) is 0 Å². The zero-order chi connectivity index (χ0) is 9.14. The zero-order valence-corrected chi connectivity index (χ0v) is 8.14. The van der Waals surface area contributed by atoms with Crippen molar-refractivity contribution in [3.8, 4) is 5.75 Å². The average Bonchev–Trinajstić information content (AvgIpc) is 2.09. The lowest BCUT2D eigenvalue weighted by Gasteiger charge is -2.20. The van der Waals surface area contributed by atoms with Crippen LogP contribution in [0.3, 0.4) is 0 Å². The van der Waals surface area contributed by atoms with E-state index < -0.39 is 0 Å². The van der Waals surface area contributed by atoms with Crippen LogP contribution in [0.25, 0.3) is 0 Å². The topological polar surface area (TPSA) is 9.23 Å².